The van der Waals surface area contributed by atoms with Crippen molar-refractivity contribution in [2.45, 2.75) is 18.7 Å². The Labute approximate surface area is 98.9 Å². The summed E-state index contributed by atoms with van der Waals surface area (Å²) in [7, 11) is 0. The molecule has 16 heavy (non-hydrogen) atoms. The first-order valence-corrected chi connectivity index (χ1v) is 5.53. The van der Waals surface area contributed by atoms with Gasteiger partial charge in [-0.2, -0.15) is 0 Å². The molecule has 0 saturated heterocycles. The Morgan fingerprint density at radius 1 is 1.44 bits per heavy atom. The molecule has 0 radical (unpaired) electrons. The van der Waals surface area contributed by atoms with Gasteiger partial charge in [0.15, 0.2) is 0 Å². The van der Waals surface area contributed by atoms with Crippen molar-refractivity contribution >= 4 is 17.2 Å². The molecule has 0 spiro atoms. The zero-order valence-corrected chi connectivity index (χ0v) is 9.63. The van der Waals surface area contributed by atoms with Crippen molar-refractivity contribution in [3.8, 4) is 0 Å². The van der Waals surface area contributed by atoms with Crippen LogP contribution in [0, 0.1) is 12.7 Å². The second-order valence-corrected chi connectivity index (χ2v) is 4.43. The number of alkyl halides is 1. The van der Waals surface area contributed by atoms with E-state index in [1.165, 1.54) is 6.07 Å². The maximum atomic E-state index is 13.7. The standard InChI is InChI=1S/C13H12ClFO/c1-8-3-2-4-11(15)13(8)10-6-5-9(14)7-12(10)16/h2-6,9,16H,7H2,1H3. The van der Waals surface area contributed by atoms with Gasteiger partial charge in [-0.15, -0.1) is 11.6 Å². The molecule has 0 aliphatic heterocycles. The molecule has 1 aromatic carbocycles. The van der Waals surface area contributed by atoms with E-state index in [-0.39, 0.29) is 17.0 Å². The van der Waals surface area contributed by atoms with Crippen LogP contribution >= 0.6 is 11.6 Å². The summed E-state index contributed by atoms with van der Waals surface area (Å²) < 4.78 is 13.7. The van der Waals surface area contributed by atoms with Crippen LogP contribution in [0.15, 0.2) is 36.1 Å². The maximum Gasteiger partial charge on any atom is 0.131 e. The molecule has 3 heteroatoms. The molecule has 1 aliphatic rings. The fourth-order valence-electron chi connectivity index (χ4n) is 1.86. The van der Waals surface area contributed by atoms with Gasteiger partial charge in [-0.1, -0.05) is 24.3 Å². The van der Waals surface area contributed by atoms with Crippen LogP contribution in [0.3, 0.4) is 0 Å². The topological polar surface area (TPSA) is 20.2 Å². The molecule has 0 fully saturated rings. The Kier molecular flexibility index (Phi) is 3.01. The number of aryl methyl sites for hydroxylation is 1. The van der Waals surface area contributed by atoms with Gasteiger partial charge in [0.05, 0.1) is 5.38 Å². The van der Waals surface area contributed by atoms with E-state index in [4.69, 9.17) is 11.6 Å². The minimum Gasteiger partial charge on any atom is -0.512 e. The van der Waals surface area contributed by atoms with Crippen molar-refractivity contribution in [2.75, 3.05) is 0 Å². The van der Waals surface area contributed by atoms with Crippen molar-refractivity contribution in [2.24, 2.45) is 0 Å². The van der Waals surface area contributed by atoms with Gasteiger partial charge < -0.3 is 5.11 Å². The van der Waals surface area contributed by atoms with Crippen LogP contribution in [0.2, 0.25) is 0 Å². The molecule has 1 atom stereocenters. The Morgan fingerprint density at radius 3 is 2.81 bits per heavy atom. The number of aliphatic hydroxyl groups excluding tert-OH is 1. The molecular formula is C13H12ClFO. The molecule has 1 aromatic rings. The first-order valence-electron chi connectivity index (χ1n) is 5.09. The summed E-state index contributed by atoms with van der Waals surface area (Å²) >= 11 is 5.87. The number of benzene rings is 1. The van der Waals surface area contributed by atoms with Crippen molar-refractivity contribution in [1.29, 1.82) is 0 Å². The maximum absolute atomic E-state index is 13.7. The molecule has 0 heterocycles. The lowest BCUT2D eigenvalue weighted by atomic mass is 9.94. The normalized spacial score (nSPS) is 20.3. The molecule has 1 unspecified atom stereocenters. The van der Waals surface area contributed by atoms with Crippen LogP contribution < -0.4 is 0 Å². The van der Waals surface area contributed by atoms with Crippen LogP contribution in [0.25, 0.3) is 5.57 Å². The summed E-state index contributed by atoms with van der Waals surface area (Å²) in [6, 6.07) is 4.87. The Bertz CT molecular complexity index is 457. The highest BCUT2D eigenvalue weighted by Crippen LogP contribution is 2.31. The fraction of sp³-hybridized carbons (Fsp3) is 0.231. The minimum absolute atomic E-state index is 0.149. The summed E-state index contributed by atoms with van der Waals surface area (Å²) in [5.41, 5.74) is 1.80. The third-order valence-corrected chi connectivity index (χ3v) is 2.96. The van der Waals surface area contributed by atoms with E-state index in [0.717, 1.165) is 5.56 Å². The van der Waals surface area contributed by atoms with Gasteiger partial charge in [-0.3, -0.25) is 0 Å². The first-order chi connectivity index (χ1) is 7.59. The lowest BCUT2D eigenvalue weighted by Gasteiger charge is -2.16. The van der Waals surface area contributed by atoms with Gasteiger partial charge in [-0.25, -0.2) is 4.39 Å². The highest BCUT2D eigenvalue weighted by molar-refractivity contribution is 6.22. The number of allylic oxidation sites excluding steroid dienone is 4. The molecule has 0 saturated carbocycles. The van der Waals surface area contributed by atoms with Crippen molar-refractivity contribution in [1.82, 2.24) is 0 Å². The van der Waals surface area contributed by atoms with Gasteiger partial charge in [0, 0.05) is 17.6 Å². The second kappa shape index (κ2) is 4.30. The molecule has 2 rings (SSSR count). The summed E-state index contributed by atoms with van der Waals surface area (Å²) in [5.74, 6) is -0.171. The zero-order chi connectivity index (χ0) is 11.7. The SMILES string of the molecule is Cc1cccc(F)c1C1=C(O)CC(Cl)C=C1. The van der Waals surface area contributed by atoms with E-state index in [9.17, 15) is 9.50 Å². The van der Waals surface area contributed by atoms with Crippen molar-refractivity contribution in [3.05, 3.63) is 53.1 Å². The predicted molar refractivity (Wildman–Crippen MR) is 64.1 cm³/mol. The lowest BCUT2D eigenvalue weighted by Crippen LogP contribution is -2.05. The second-order valence-electron chi connectivity index (χ2n) is 3.87. The van der Waals surface area contributed by atoms with E-state index >= 15 is 0 Å². The average Bonchev–Trinajstić information content (AvgIpc) is 2.20. The van der Waals surface area contributed by atoms with E-state index in [1.54, 1.807) is 18.2 Å². The average molecular weight is 239 g/mol. The van der Waals surface area contributed by atoms with Crippen LogP contribution in [0.1, 0.15) is 17.5 Å². The fourth-order valence-corrected chi connectivity index (χ4v) is 2.08. The molecule has 0 aromatic heterocycles. The molecule has 1 N–H and O–H groups in total. The summed E-state index contributed by atoms with van der Waals surface area (Å²) in [6.45, 7) is 1.82. The van der Waals surface area contributed by atoms with E-state index in [1.807, 2.05) is 13.0 Å². The molecular weight excluding hydrogens is 227 g/mol. The zero-order valence-electron chi connectivity index (χ0n) is 8.87. The third kappa shape index (κ3) is 1.98. The Balaban J connectivity index is 2.54. The molecule has 1 aliphatic carbocycles. The number of halogens is 2. The predicted octanol–water partition coefficient (Wildman–Crippen LogP) is 3.97. The monoisotopic (exact) mass is 238 g/mol. The number of rotatable bonds is 1. The van der Waals surface area contributed by atoms with Crippen LogP contribution in [-0.2, 0) is 0 Å². The van der Waals surface area contributed by atoms with Crippen LogP contribution in [0.4, 0.5) is 4.39 Å². The number of hydrogen-bond donors (Lipinski definition) is 1. The highest BCUT2D eigenvalue weighted by Gasteiger charge is 2.18. The molecule has 0 amide bonds. The smallest absolute Gasteiger partial charge is 0.131 e. The first kappa shape index (κ1) is 11.2. The minimum atomic E-state index is -0.320. The molecule has 84 valence electrons. The van der Waals surface area contributed by atoms with E-state index in [0.29, 0.717) is 17.6 Å². The van der Waals surface area contributed by atoms with Gasteiger partial charge in [-0.05, 0) is 18.6 Å². The number of aliphatic hydroxyl groups is 1. The van der Waals surface area contributed by atoms with E-state index < -0.39 is 0 Å². The van der Waals surface area contributed by atoms with Gasteiger partial charge in [0.25, 0.3) is 0 Å². The Hall–Kier alpha value is -1.28. The lowest BCUT2D eigenvalue weighted by molar-refractivity contribution is 0.391. The van der Waals surface area contributed by atoms with Gasteiger partial charge in [0.2, 0.25) is 0 Å². The molecule has 1 nitrogen and oxygen atoms in total. The van der Waals surface area contributed by atoms with Gasteiger partial charge >= 0.3 is 0 Å². The summed E-state index contributed by atoms with van der Waals surface area (Å²) in [4.78, 5) is 0. The van der Waals surface area contributed by atoms with Crippen molar-refractivity contribution in [3.63, 3.8) is 0 Å². The summed E-state index contributed by atoms with van der Waals surface area (Å²) in [6.07, 6.45) is 3.80. The van der Waals surface area contributed by atoms with Crippen LogP contribution in [0.5, 0.6) is 0 Å². The van der Waals surface area contributed by atoms with Crippen molar-refractivity contribution < 1.29 is 9.50 Å². The quantitative estimate of drug-likeness (QED) is 0.734. The molecule has 0 bridgehead atoms. The third-order valence-electron chi connectivity index (χ3n) is 2.66. The van der Waals surface area contributed by atoms with Crippen LogP contribution in [-0.4, -0.2) is 10.5 Å². The Morgan fingerprint density at radius 2 is 2.19 bits per heavy atom. The van der Waals surface area contributed by atoms with Gasteiger partial charge in [0.1, 0.15) is 11.6 Å². The highest BCUT2D eigenvalue weighted by atomic mass is 35.5. The largest absolute Gasteiger partial charge is 0.512 e. The van der Waals surface area contributed by atoms with E-state index in [2.05, 4.69) is 0 Å². The summed E-state index contributed by atoms with van der Waals surface area (Å²) in [5, 5.41) is 9.61. The number of hydrogen-bond acceptors (Lipinski definition) is 1.